The lowest BCUT2D eigenvalue weighted by molar-refractivity contribution is 0.151. The van der Waals surface area contributed by atoms with Gasteiger partial charge in [-0.2, -0.15) is 0 Å². The summed E-state index contributed by atoms with van der Waals surface area (Å²) in [6.45, 7) is 4.57. The summed E-state index contributed by atoms with van der Waals surface area (Å²) in [5, 5.41) is 0. The predicted molar refractivity (Wildman–Crippen MR) is 104 cm³/mol. The van der Waals surface area contributed by atoms with Gasteiger partial charge in [-0.1, -0.05) is 77.4 Å². The van der Waals surface area contributed by atoms with E-state index in [-0.39, 0.29) is 0 Å². The highest BCUT2D eigenvalue weighted by molar-refractivity contribution is 4.91. The number of hydrogen-bond donors (Lipinski definition) is 0. The van der Waals surface area contributed by atoms with Crippen LogP contribution in [0.15, 0.2) is 12.2 Å². The summed E-state index contributed by atoms with van der Waals surface area (Å²) < 4.78 is 0. The summed E-state index contributed by atoms with van der Waals surface area (Å²) in [4.78, 5) is 0. The summed E-state index contributed by atoms with van der Waals surface area (Å²) >= 11 is 0. The van der Waals surface area contributed by atoms with Gasteiger partial charge in [-0.25, -0.2) is 0 Å². The Kier molecular flexibility index (Phi) is 9.39. The van der Waals surface area contributed by atoms with Gasteiger partial charge in [0, 0.05) is 0 Å². The van der Waals surface area contributed by atoms with Crippen LogP contribution in [-0.2, 0) is 0 Å². The molecule has 0 aromatic carbocycles. The van der Waals surface area contributed by atoms with Gasteiger partial charge < -0.3 is 0 Å². The Morgan fingerprint density at radius 1 is 0.696 bits per heavy atom. The Morgan fingerprint density at radius 3 is 1.91 bits per heavy atom. The minimum absolute atomic E-state index is 0.908. The lowest BCUT2D eigenvalue weighted by Crippen LogP contribution is -2.25. The molecule has 2 saturated carbocycles. The van der Waals surface area contributed by atoms with Crippen molar-refractivity contribution in [1.82, 2.24) is 0 Å². The van der Waals surface area contributed by atoms with Crippen LogP contribution in [0.3, 0.4) is 0 Å². The Hall–Kier alpha value is -0.260. The van der Waals surface area contributed by atoms with Gasteiger partial charge in [0.2, 0.25) is 0 Å². The summed E-state index contributed by atoms with van der Waals surface area (Å²) in [5.74, 6) is 4.15. The van der Waals surface area contributed by atoms with Crippen molar-refractivity contribution in [2.45, 2.75) is 110 Å². The van der Waals surface area contributed by atoms with Crippen LogP contribution < -0.4 is 0 Å². The highest BCUT2D eigenvalue weighted by Crippen LogP contribution is 2.42. The van der Waals surface area contributed by atoms with Gasteiger partial charge in [0.25, 0.3) is 0 Å². The van der Waals surface area contributed by atoms with Crippen LogP contribution in [0.4, 0.5) is 0 Å². The molecule has 0 unspecified atom stereocenters. The van der Waals surface area contributed by atoms with Crippen LogP contribution in [0, 0.1) is 23.7 Å². The molecule has 0 aliphatic heterocycles. The maximum absolute atomic E-state index is 2.51. The van der Waals surface area contributed by atoms with E-state index < -0.39 is 0 Å². The molecule has 2 fully saturated rings. The zero-order chi connectivity index (χ0) is 16.3. The first kappa shape index (κ1) is 19.1. The largest absolute Gasteiger partial charge is 0.0885 e. The molecule has 0 bridgehead atoms. The van der Waals surface area contributed by atoms with E-state index in [4.69, 9.17) is 0 Å². The maximum atomic E-state index is 2.51. The second-order valence-electron chi connectivity index (χ2n) is 8.49. The molecule has 0 aromatic rings. The molecule has 2 aliphatic rings. The summed E-state index contributed by atoms with van der Waals surface area (Å²) in [6, 6.07) is 0. The zero-order valence-electron chi connectivity index (χ0n) is 16.1. The van der Waals surface area contributed by atoms with E-state index in [0.717, 1.165) is 23.7 Å². The van der Waals surface area contributed by atoms with Gasteiger partial charge in [0.15, 0.2) is 0 Å². The summed E-state index contributed by atoms with van der Waals surface area (Å²) in [5.41, 5.74) is 0. The van der Waals surface area contributed by atoms with Gasteiger partial charge >= 0.3 is 0 Å². The van der Waals surface area contributed by atoms with Crippen molar-refractivity contribution < 1.29 is 0 Å². The molecule has 0 spiro atoms. The van der Waals surface area contributed by atoms with Gasteiger partial charge in [-0.3, -0.25) is 0 Å². The number of rotatable bonds is 9. The Bertz CT molecular complexity index is 300. The van der Waals surface area contributed by atoms with Gasteiger partial charge in [-0.15, -0.1) is 0 Å². The fourth-order valence-electron chi connectivity index (χ4n) is 5.12. The first-order chi connectivity index (χ1) is 11.3. The van der Waals surface area contributed by atoms with E-state index in [0.29, 0.717) is 0 Å². The van der Waals surface area contributed by atoms with E-state index in [1.807, 2.05) is 0 Å². The number of allylic oxidation sites excluding steroid dienone is 2. The molecule has 2 aliphatic carbocycles. The Balaban J connectivity index is 1.57. The highest BCUT2D eigenvalue weighted by Gasteiger charge is 2.30. The minimum atomic E-state index is 0.908. The molecule has 0 atom stereocenters. The van der Waals surface area contributed by atoms with Gasteiger partial charge in [0.05, 0.1) is 0 Å². The Morgan fingerprint density at radius 2 is 1.30 bits per heavy atom. The molecule has 0 saturated heterocycles. The second-order valence-corrected chi connectivity index (χ2v) is 8.49. The van der Waals surface area contributed by atoms with Crippen LogP contribution in [0.25, 0.3) is 0 Å². The zero-order valence-corrected chi connectivity index (χ0v) is 16.1. The fraction of sp³-hybridized carbons (Fsp3) is 0.913. The second kappa shape index (κ2) is 11.3. The molecule has 0 heterocycles. The molecule has 0 nitrogen and oxygen atoms in total. The molecule has 134 valence electrons. The molecule has 0 radical (unpaired) electrons. The third-order valence-electron chi connectivity index (χ3n) is 6.73. The third-order valence-corrected chi connectivity index (χ3v) is 6.73. The summed E-state index contributed by atoms with van der Waals surface area (Å²) in [6.07, 6.45) is 27.1. The molecule has 0 aromatic heterocycles. The van der Waals surface area contributed by atoms with Crippen LogP contribution in [-0.4, -0.2) is 0 Å². The molecular weight excluding hydrogens is 276 g/mol. The molecular formula is C23H42. The monoisotopic (exact) mass is 318 g/mol. The fourth-order valence-corrected chi connectivity index (χ4v) is 5.12. The molecule has 0 heteroatoms. The highest BCUT2D eigenvalue weighted by atomic mass is 14.4. The van der Waals surface area contributed by atoms with E-state index in [1.54, 1.807) is 25.7 Å². The lowest BCUT2D eigenvalue weighted by atomic mass is 9.68. The maximum Gasteiger partial charge on any atom is -0.0233 e. The van der Waals surface area contributed by atoms with Crippen molar-refractivity contribution >= 4 is 0 Å². The Labute approximate surface area is 146 Å². The molecule has 0 amide bonds. The minimum Gasteiger partial charge on any atom is -0.0885 e. The van der Waals surface area contributed by atoms with Crippen molar-refractivity contribution in [3.05, 3.63) is 12.2 Å². The smallest absolute Gasteiger partial charge is 0.0233 e. The van der Waals surface area contributed by atoms with Crippen molar-refractivity contribution in [1.29, 1.82) is 0 Å². The van der Waals surface area contributed by atoms with E-state index in [9.17, 15) is 0 Å². The van der Waals surface area contributed by atoms with E-state index in [2.05, 4.69) is 26.0 Å². The van der Waals surface area contributed by atoms with Crippen molar-refractivity contribution in [3.63, 3.8) is 0 Å². The van der Waals surface area contributed by atoms with Gasteiger partial charge in [-0.05, 0) is 68.6 Å². The van der Waals surface area contributed by atoms with Crippen LogP contribution in [0.1, 0.15) is 110 Å². The summed E-state index contributed by atoms with van der Waals surface area (Å²) in [7, 11) is 0. The topological polar surface area (TPSA) is 0 Å². The van der Waals surface area contributed by atoms with Crippen molar-refractivity contribution in [3.8, 4) is 0 Å². The van der Waals surface area contributed by atoms with Crippen molar-refractivity contribution in [2.24, 2.45) is 23.7 Å². The average molecular weight is 319 g/mol. The molecule has 2 rings (SSSR count). The van der Waals surface area contributed by atoms with E-state index in [1.165, 1.54) is 70.6 Å². The van der Waals surface area contributed by atoms with E-state index >= 15 is 0 Å². The van der Waals surface area contributed by atoms with Gasteiger partial charge in [0.1, 0.15) is 0 Å². The normalized spacial score (nSPS) is 32.4. The van der Waals surface area contributed by atoms with Crippen molar-refractivity contribution in [2.75, 3.05) is 0 Å². The predicted octanol–water partition coefficient (Wildman–Crippen LogP) is 7.93. The standard InChI is InChI=1S/C23H42/c1-3-5-7-8-9-11-21-14-18-23(19-15-21)22-16-12-20(13-17-22)10-6-4-2/h6,10,20-23H,3-5,7-9,11-19H2,1-2H3/b10-6-. The first-order valence-electron chi connectivity index (χ1n) is 11.0. The van der Waals surface area contributed by atoms with Crippen LogP contribution in [0.2, 0.25) is 0 Å². The number of unbranched alkanes of at least 4 members (excludes halogenated alkanes) is 4. The van der Waals surface area contributed by atoms with Crippen LogP contribution >= 0.6 is 0 Å². The lowest BCUT2D eigenvalue weighted by Gasteiger charge is -2.37. The van der Waals surface area contributed by atoms with Crippen LogP contribution in [0.5, 0.6) is 0 Å². The quantitative estimate of drug-likeness (QED) is 0.299. The number of hydrogen-bond acceptors (Lipinski definition) is 0. The average Bonchev–Trinajstić information content (AvgIpc) is 2.61. The molecule has 0 N–H and O–H groups in total. The molecule has 23 heavy (non-hydrogen) atoms. The SMILES string of the molecule is CC/C=C\C1CCC(C2CCC(CCCCCCC)CC2)CC1. The first-order valence-corrected chi connectivity index (χ1v) is 11.0. The third kappa shape index (κ3) is 7.02.